The number of benzene rings is 2. The topological polar surface area (TPSA) is 84.0 Å². The van der Waals surface area contributed by atoms with E-state index in [1.54, 1.807) is 24.3 Å². The summed E-state index contributed by atoms with van der Waals surface area (Å²) >= 11 is 4.82. The average molecular weight is 385 g/mol. The zero-order valence-electron chi connectivity index (χ0n) is 11.1. The first-order valence-corrected chi connectivity index (χ1v) is 9.40. The van der Waals surface area contributed by atoms with Crippen LogP contribution >= 0.6 is 27.7 Å². The van der Waals surface area contributed by atoms with Gasteiger partial charge >= 0.3 is 0 Å². The van der Waals surface area contributed by atoms with Crippen molar-refractivity contribution in [2.45, 2.75) is 14.7 Å². The van der Waals surface area contributed by atoms with Gasteiger partial charge in [0.05, 0.1) is 4.90 Å². The molecule has 0 saturated heterocycles. The minimum atomic E-state index is -3.19. The zero-order valence-corrected chi connectivity index (χ0v) is 14.3. The highest BCUT2D eigenvalue weighted by molar-refractivity contribution is 9.10. The van der Waals surface area contributed by atoms with E-state index in [1.807, 2.05) is 18.2 Å². The maximum Gasteiger partial charge on any atom is 0.175 e. The van der Waals surface area contributed by atoms with Crippen molar-refractivity contribution in [1.82, 2.24) is 0 Å². The predicted octanol–water partition coefficient (Wildman–Crippen LogP) is 3.29. The zero-order chi connectivity index (χ0) is 15.6. The number of halogens is 1. The van der Waals surface area contributed by atoms with Crippen LogP contribution in [0.3, 0.4) is 0 Å². The van der Waals surface area contributed by atoms with Gasteiger partial charge in [0.1, 0.15) is 5.84 Å². The van der Waals surface area contributed by atoms with E-state index in [-0.39, 0.29) is 10.7 Å². The third-order valence-electron chi connectivity index (χ3n) is 2.72. The number of nitrogens with one attached hydrogen (secondary N) is 1. The van der Waals surface area contributed by atoms with Crippen LogP contribution in [0.25, 0.3) is 0 Å². The summed E-state index contributed by atoms with van der Waals surface area (Å²) in [5.74, 6) is -0.0160. The molecule has 0 spiro atoms. The lowest BCUT2D eigenvalue weighted by molar-refractivity contribution is 0.602. The number of nitrogens with two attached hydrogens (primary N) is 1. The van der Waals surface area contributed by atoms with E-state index in [4.69, 9.17) is 11.1 Å². The summed E-state index contributed by atoms with van der Waals surface area (Å²) in [6.07, 6.45) is 1.18. The maximum absolute atomic E-state index is 11.4. The van der Waals surface area contributed by atoms with Crippen molar-refractivity contribution in [2.75, 3.05) is 6.26 Å². The quantitative estimate of drug-likeness (QED) is 0.625. The fraction of sp³-hybridized carbons (Fsp3) is 0.0714. The Morgan fingerprint density at radius 3 is 2.33 bits per heavy atom. The molecule has 7 heteroatoms. The summed E-state index contributed by atoms with van der Waals surface area (Å²) in [7, 11) is -3.19. The van der Waals surface area contributed by atoms with E-state index in [1.165, 1.54) is 18.0 Å². The third-order valence-corrected chi connectivity index (χ3v) is 5.58. The lowest BCUT2D eigenvalue weighted by Crippen LogP contribution is -2.13. The molecule has 0 aromatic heterocycles. The van der Waals surface area contributed by atoms with Crippen molar-refractivity contribution in [3.63, 3.8) is 0 Å². The van der Waals surface area contributed by atoms with Crippen LogP contribution in [0.4, 0.5) is 0 Å². The molecule has 2 rings (SSSR count). The second kappa shape index (κ2) is 6.21. The Bertz CT molecular complexity index is 787. The van der Waals surface area contributed by atoms with Gasteiger partial charge in [-0.3, -0.25) is 5.41 Å². The molecule has 0 fully saturated rings. The third kappa shape index (κ3) is 3.87. The second-order valence-corrected chi connectivity index (χ2v) is 8.36. The molecular weight excluding hydrogens is 372 g/mol. The Hall–Kier alpha value is -1.31. The molecule has 0 heterocycles. The molecule has 2 aromatic rings. The summed E-state index contributed by atoms with van der Waals surface area (Å²) in [4.78, 5) is 2.00. The minimum Gasteiger partial charge on any atom is -0.384 e. The minimum absolute atomic E-state index is 0.0160. The van der Waals surface area contributed by atoms with Crippen LogP contribution in [0.15, 0.2) is 61.6 Å². The van der Waals surface area contributed by atoms with Crippen LogP contribution in [0.1, 0.15) is 5.56 Å². The Morgan fingerprint density at radius 2 is 1.81 bits per heavy atom. The summed E-state index contributed by atoms with van der Waals surface area (Å²) in [6, 6.07) is 12.2. The highest BCUT2D eigenvalue weighted by Crippen LogP contribution is 2.34. The van der Waals surface area contributed by atoms with Crippen molar-refractivity contribution in [3.05, 3.63) is 52.5 Å². The molecule has 0 aliphatic carbocycles. The Kier molecular flexibility index (Phi) is 4.75. The molecule has 0 aliphatic heterocycles. The first-order chi connectivity index (χ1) is 9.79. The number of hydrogen-bond donors (Lipinski definition) is 2. The molecule has 0 amide bonds. The number of sulfone groups is 1. The number of hydrogen-bond acceptors (Lipinski definition) is 4. The number of rotatable bonds is 4. The molecule has 110 valence electrons. The van der Waals surface area contributed by atoms with Crippen LogP contribution in [-0.4, -0.2) is 20.5 Å². The molecule has 0 radical (unpaired) electrons. The molecule has 0 saturated carbocycles. The van der Waals surface area contributed by atoms with E-state index < -0.39 is 9.84 Å². The van der Waals surface area contributed by atoms with Gasteiger partial charge in [0.25, 0.3) is 0 Å². The van der Waals surface area contributed by atoms with Gasteiger partial charge in [0, 0.05) is 26.1 Å². The van der Waals surface area contributed by atoms with Crippen molar-refractivity contribution in [2.24, 2.45) is 5.73 Å². The standard InChI is InChI=1S/C14H13BrN2O2S2/c1-21(18,19)10-7-5-9(6-8-10)20-12-4-2-3-11(15)13(12)14(16)17/h2-8H,1H3,(H3,16,17). The fourth-order valence-electron chi connectivity index (χ4n) is 1.73. The van der Waals surface area contributed by atoms with Crippen molar-refractivity contribution < 1.29 is 8.42 Å². The van der Waals surface area contributed by atoms with Gasteiger partial charge in [-0.25, -0.2) is 8.42 Å². The van der Waals surface area contributed by atoms with Gasteiger partial charge in [0.15, 0.2) is 9.84 Å². The van der Waals surface area contributed by atoms with Crippen LogP contribution in [0.5, 0.6) is 0 Å². The molecule has 21 heavy (non-hydrogen) atoms. The Morgan fingerprint density at radius 1 is 1.19 bits per heavy atom. The summed E-state index contributed by atoms with van der Waals surface area (Å²) in [5, 5.41) is 7.65. The molecule has 0 bridgehead atoms. The number of nitrogen functional groups attached to an aromatic ring is 1. The first-order valence-electron chi connectivity index (χ1n) is 5.90. The average Bonchev–Trinajstić information content (AvgIpc) is 2.38. The van der Waals surface area contributed by atoms with Gasteiger partial charge in [-0.15, -0.1) is 0 Å². The molecule has 0 unspecified atom stereocenters. The molecule has 4 nitrogen and oxygen atoms in total. The molecule has 0 aliphatic rings. The van der Waals surface area contributed by atoms with Gasteiger partial charge in [0.2, 0.25) is 0 Å². The first kappa shape index (κ1) is 16.1. The Balaban J connectivity index is 2.35. The monoisotopic (exact) mass is 384 g/mol. The van der Waals surface area contributed by atoms with E-state index in [0.29, 0.717) is 5.56 Å². The fourth-order valence-corrected chi connectivity index (χ4v) is 4.07. The van der Waals surface area contributed by atoms with Crippen LogP contribution in [0.2, 0.25) is 0 Å². The van der Waals surface area contributed by atoms with Gasteiger partial charge < -0.3 is 5.73 Å². The van der Waals surface area contributed by atoms with Crippen LogP contribution in [0, 0.1) is 5.41 Å². The van der Waals surface area contributed by atoms with Crippen molar-refractivity contribution >= 4 is 43.4 Å². The highest BCUT2D eigenvalue weighted by atomic mass is 79.9. The largest absolute Gasteiger partial charge is 0.384 e. The molecule has 3 N–H and O–H groups in total. The van der Waals surface area contributed by atoms with Crippen molar-refractivity contribution in [1.29, 1.82) is 5.41 Å². The van der Waals surface area contributed by atoms with Gasteiger partial charge in [-0.05, 0) is 52.3 Å². The number of amidine groups is 1. The maximum atomic E-state index is 11.4. The lowest BCUT2D eigenvalue weighted by Gasteiger charge is -2.10. The second-order valence-electron chi connectivity index (χ2n) is 4.37. The summed E-state index contributed by atoms with van der Waals surface area (Å²) < 4.78 is 23.6. The normalized spacial score (nSPS) is 11.3. The molecular formula is C14H13BrN2O2S2. The van der Waals surface area contributed by atoms with Crippen LogP contribution in [-0.2, 0) is 9.84 Å². The van der Waals surface area contributed by atoms with E-state index >= 15 is 0 Å². The lowest BCUT2D eigenvalue weighted by atomic mass is 10.2. The Labute approximate surface area is 136 Å². The van der Waals surface area contributed by atoms with Gasteiger partial charge in [-0.1, -0.05) is 17.8 Å². The SMILES string of the molecule is CS(=O)(=O)c1ccc(Sc2cccc(Br)c2C(=N)N)cc1. The predicted molar refractivity (Wildman–Crippen MR) is 88.8 cm³/mol. The molecule has 2 aromatic carbocycles. The van der Waals surface area contributed by atoms with E-state index in [0.717, 1.165) is 14.3 Å². The molecule has 0 atom stereocenters. The summed E-state index contributed by atoms with van der Waals surface area (Å²) in [6.45, 7) is 0. The van der Waals surface area contributed by atoms with E-state index in [2.05, 4.69) is 15.9 Å². The smallest absolute Gasteiger partial charge is 0.175 e. The van der Waals surface area contributed by atoms with E-state index in [9.17, 15) is 8.42 Å². The van der Waals surface area contributed by atoms with Gasteiger partial charge in [-0.2, -0.15) is 0 Å². The highest BCUT2D eigenvalue weighted by Gasteiger charge is 2.12. The van der Waals surface area contributed by atoms with Crippen molar-refractivity contribution in [3.8, 4) is 0 Å². The summed E-state index contributed by atoms with van der Waals surface area (Å²) in [5.41, 5.74) is 6.24. The van der Waals surface area contributed by atoms with Crippen LogP contribution < -0.4 is 5.73 Å².